The van der Waals surface area contributed by atoms with E-state index in [2.05, 4.69) is 21.3 Å². The number of amides is 4. The Morgan fingerprint density at radius 3 is 1.21 bits per heavy atom. The molecule has 0 bridgehead atoms. The minimum Gasteiger partial charge on any atom is -0.478 e. The number of aromatic carboxylic acids is 1. The number of methoxy groups -OCH3 is 1. The van der Waals surface area contributed by atoms with Crippen LogP contribution in [0.2, 0.25) is 0 Å². The standard InChI is InChI=1S/C24H30N2O5.C23H28N2O5/c1-15-6-7-16(21(28)25-10-11-27)12-19(15)18-9-8-17(13-20(18)23(30)31-5)22(29)26-14-24(2,3)4;1-14-5-6-15(20(27)24-9-10-26)11-18(14)17-8-7-16(12-19(17)22(29)30)21(28)25-13-23(2,3)4/h6-9,12-13,27H,10-11,14H2,1-5H3,(H,25,28)(H,26,29);5-8,11-12,26H,9-10,13H2,1-4H3,(H,24,27)(H,25,28)(H,29,30). The van der Waals surface area contributed by atoms with Gasteiger partial charge in [0.25, 0.3) is 23.6 Å². The molecule has 61 heavy (non-hydrogen) atoms. The summed E-state index contributed by atoms with van der Waals surface area (Å²) in [4.78, 5) is 74.0. The van der Waals surface area contributed by atoms with E-state index in [0.717, 1.165) is 11.1 Å². The second-order valence-electron chi connectivity index (χ2n) is 16.8. The number of carboxylic acids is 1. The average Bonchev–Trinajstić information content (AvgIpc) is 3.22. The molecule has 0 saturated heterocycles. The van der Waals surface area contributed by atoms with Gasteiger partial charge in [-0.3, -0.25) is 19.2 Å². The maximum absolute atomic E-state index is 12.6. The lowest BCUT2D eigenvalue weighted by atomic mass is 9.92. The van der Waals surface area contributed by atoms with Crippen LogP contribution in [-0.2, 0) is 4.74 Å². The van der Waals surface area contributed by atoms with E-state index in [9.17, 15) is 33.9 Å². The predicted octanol–water partition coefficient (Wildman–Crippen LogP) is 5.80. The number of rotatable bonds is 14. The second kappa shape index (κ2) is 21.7. The van der Waals surface area contributed by atoms with E-state index in [1.807, 2.05) is 55.4 Å². The van der Waals surface area contributed by atoms with Gasteiger partial charge in [-0.25, -0.2) is 9.59 Å². The van der Waals surface area contributed by atoms with Gasteiger partial charge in [-0.2, -0.15) is 0 Å². The fourth-order valence-corrected chi connectivity index (χ4v) is 5.84. The molecule has 4 amide bonds. The molecule has 0 atom stereocenters. The van der Waals surface area contributed by atoms with Crippen LogP contribution < -0.4 is 21.3 Å². The number of hydrogen-bond donors (Lipinski definition) is 7. The maximum atomic E-state index is 12.6. The molecule has 4 aromatic rings. The fraction of sp³-hybridized carbons (Fsp3) is 0.362. The highest BCUT2D eigenvalue weighted by molar-refractivity contribution is 6.04. The summed E-state index contributed by atoms with van der Waals surface area (Å²) in [7, 11) is 1.28. The molecular formula is C47H58N4O10. The Morgan fingerprint density at radius 2 is 0.852 bits per heavy atom. The van der Waals surface area contributed by atoms with Crippen LogP contribution in [0.15, 0.2) is 72.8 Å². The molecule has 0 aliphatic heterocycles. The molecule has 0 spiro atoms. The number of aliphatic hydroxyl groups excluding tert-OH is 2. The minimum absolute atomic E-state index is 0.0191. The molecule has 14 nitrogen and oxygen atoms in total. The number of hydrogen-bond acceptors (Lipinski definition) is 9. The van der Waals surface area contributed by atoms with Gasteiger partial charge in [-0.15, -0.1) is 0 Å². The van der Waals surface area contributed by atoms with Crippen molar-refractivity contribution in [1.82, 2.24) is 21.3 Å². The average molecular weight is 839 g/mol. The molecule has 4 aromatic carbocycles. The topological polar surface area (TPSA) is 220 Å². The molecule has 0 aromatic heterocycles. The molecule has 0 heterocycles. The smallest absolute Gasteiger partial charge is 0.338 e. The first-order chi connectivity index (χ1) is 28.6. The summed E-state index contributed by atoms with van der Waals surface area (Å²) in [5.41, 5.74) is 5.31. The van der Waals surface area contributed by atoms with E-state index < -0.39 is 11.9 Å². The molecule has 14 heteroatoms. The summed E-state index contributed by atoms with van der Waals surface area (Å²) in [5.74, 6) is -3.04. The highest BCUT2D eigenvalue weighted by Gasteiger charge is 2.22. The molecule has 326 valence electrons. The lowest BCUT2D eigenvalue weighted by Gasteiger charge is -2.19. The van der Waals surface area contributed by atoms with Crippen LogP contribution in [-0.4, -0.2) is 97.4 Å². The van der Waals surface area contributed by atoms with Crippen LogP contribution in [0.25, 0.3) is 22.3 Å². The predicted molar refractivity (Wildman–Crippen MR) is 234 cm³/mol. The molecule has 0 unspecified atom stereocenters. The number of carbonyl (C=O) groups is 6. The zero-order valence-corrected chi connectivity index (χ0v) is 36.4. The van der Waals surface area contributed by atoms with Crippen LogP contribution in [0.4, 0.5) is 0 Å². The first-order valence-electron chi connectivity index (χ1n) is 19.8. The minimum atomic E-state index is -1.16. The van der Waals surface area contributed by atoms with Crippen molar-refractivity contribution in [3.63, 3.8) is 0 Å². The number of aryl methyl sites for hydroxylation is 2. The van der Waals surface area contributed by atoms with Gasteiger partial charge in [0.15, 0.2) is 0 Å². The van der Waals surface area contributed by atoms with Crippen LogP contribution >= 0.6 is 0 Å². The Balaban J connectivity index is 0.000000325. The van der Waals surface area contributed by atoms with Crippen molar-refractivity contribution in [3.8, 4) is 22.3 Å². The van der Waals surface area contributed by atoms with Gasteiger partial charge in [0.2, 0.25) is 0 Å². The Bertz CT molecular complexity index is 2250. The van der Waals surface area contributed by atoms with Gasteiger partial charge in [-0.05, 0) is 107 Å². The SMILES string of the molecule is COC(=O)c1cc(C(=O)NCC(C)(C)C)ccc1-c1cc(C(=O)NCCO)ccc1C.Cc1ccc(C(=O)NCCO)cc1-c1ccc(C(=O)NCC(C)(C)C)cc1C(=O)O. The highest BCUT2D eigenvalue weighted by atomic mass is 16.5. The van der Waals surface area contributed by atoms with Crippen LogP contribution in [0.3, 0.4) is 0 Å². The number of carboxylic acid groups (broad SMARTS) is 1. The summed E-state index contributed by atoms with van der Waals surface area (Å²) in [6.45, 7) is 16.6. The summed E-state index contributed by atoms with van der Waals surface area (Å²) in [6, 6.07) is 19.5. The Morgan fingerprint density at radius 1 is 0.508 bits per heavy atom. The molecule has 0 radical (unpaired) electrons. The monoisotopic (exact) mass is 838 g/mol. The molecule has 4 rings (SSSR count). The van der Waals surface area contributed by atoms with Crippen molar-refractivity contribution in [2.24, 2.45) is 10.8 Å². The first-order valence-corrected chi connectivity index (χ1v) is 19.8. The lowest BCUT2D eigenvalue weighted by molar-refractivity contribution is 0.0600. The molecular weight excluding hydrogens is 781 g/mol. The summed E-state index contributed by atoms with van der Waals surface area (Å²) >= 11 is 0. The summed E-state index contributed by atoms with van der Waals surface area (Å²) < 4.78 is 4.94. The van der Waals surface area contributed by atoms with Crippen molar-refractivity contribution in [3.05, 3.63) is 117 Å². The third-order valence-electron chi connectivity index (χ3n) is 9.13. The van der Waals surface area contributed by atoms with Gasteiger partial charge in [0, 0.05) is 48.4 Å². The molecule has 0 aliphatic rings. The van der Waals surface area contributed by atoms with Crippen molar-refractivity contribution in [2.45, 2.75) is 55.4 Å². The van der Waals surface area contributed by atoms with E-state index in [-0.39, 0.29) is 77.5 Å². The van der Waals surface area contributed by atoms with Gasteiger partial charge < -0.3 is 41.3 Å². The summed E-state index contributed by atoms with van der Waals surface area (Å²) in [5, 5.41) is 38.4. The third-order valence-corrected chi connectivity index (χ3v) is 9.13. The lowest BCUT2D eigenvalue weighted by Crippen LogP contribution is -2.32. The van der Waals surface area contributed by atoms with E-state index in [0.29, 0.717) is 52.0 Å². The van der Waals surface area contributed by atoms with E-state index in [1.54, 1.807) is 60.7 Å². The third kappa shape index (κ3) is 14.4. The fourth-order valence-electron chi connectivity index (χ4n) is 5.84. The largest absolute Gasteiger partial charge is 0.478 e. The Hall–Kier alpha value is -6.38. The molecule has 0 fully saturated rings. The zero-order chi connectivity index (χ0) is 45.7. The van der Waals surface area contributed by atoms with Gasteiger partial charge >= 0.3 is 11.9 Å². The van der Waals surface area contributed by atoms with E-state index in [1.165, 1.54) is 19.2 Å². The maximum Gasteiger partial charge on any atom is 0.338 e. The molecule has 0 aliphatic carbocycles. The normalized spacial score (nSPS) is 11.1. The van der Waals surface area contributed by atoms with E-state index >= 15 is 0 Å². The van der Waals surface area contributed by atoms with E-state index in [4.69, 9.17) is 14.9 Å². The van der Waals surface area contributed by atoms with Gasteiger partial charge in [-0.1, -0.05) is 65.8 Å². The van der Waals surface area contributed by atoms with Gasteiger partial charge in [0.1, 0.15) is 0 Å². The highest BCUT2D eigenvalue weighted by Crippen LogP contribution is 2.31. The van der Waals surface area contributed by atoms with Crippen LogP contribution in [0.1, 0.15) is 115 Å². The zero-order valence-electron chi connectivity index (χ0n) is 36.4. The summed E-state index contributed by atoms with van der Waals surface area (Å²) in [6.07, 6.45) is 0. The number of aliphatic hydroxyl groups is 2. The van der Waals surface area contributed by atoms with Crippen molar-refractivity contribution in [2.75, 3.05) is 46.5 Å². The first kappa shape index (κ1) is 49.0. The molecule has 0 saturated carbocycles. The quantitative estimate of drug-likeness (QED) is 0.0757. The van der Waals surface area contributed by atoms with Gasteiger partial charge in [0.05, 0.1) is 31.5 Å². The Kier molecular flexibility index (Phi) is 17.5. The number of carbonyl (C=O) groups excluding carboxylic acids is 5. The van der Waals surface area contributed by atoms with Crippen LogP contribution in [0.5, 0.6) is 0 Å². The second-order valence-corrected chi connectivity index (χ2v) is 16.8. The number of benzene rings is 4. The molecule has 7 N–H and O–H groups in total. The number of nitrogens with one attached hydrogen (secondary N) is 4. The number of ether oxygens (including phenoxy) is 1. The Labute approximate surface area is 357 Å². The van der Waals surface area contributed by atoms with Crippen molar-refractivity contribution < 1.29 is 48.8 Å². The van der Waals surface area contributed by atoms with Crippen molar-refractivity contribution in [1.29, 1.82) is 0 Å². The van der Waals surface area contributed by atoms with Crippen molar-refractivity contribution >= 4 is 35.6 Å². The van der Waals surface area contributed by atoms with Crippen LogP contribution in [0, 0.1) is 24.7 Å². The number of esters is 1.